The summed E-state index contributed by atoms with van der Waals surface area (Å²) >= 11 is 0. The van der Waals surface area contributed by atoms with Crippen molar-refractivity contribution in [1.29, 1.82) is 0 Å². The summed E-state index contributed by atoms with van der Waals surface area (Å²) in [6.45, 7) is 0. The van der Waals surface area contributed by atoms with Gasteiger partial charge in [0.1, 0.15) is 4.91 Å². The Kier molecular flexibility index (Phi) is 5.08. The third-order valence-corrected chi connectivity index (χ3v) is 1.99. The smallest absolute Gasteiger partial charge is 0.362 e. The lowest BCUT2D eigenvalue weighted by molar-refractivity contribution is -0.822. The zero-order valence-electron chi connectivity index (χ0n) is 10.4. The Labute approximate surface area is 108 Å². The molecule has 0 saturated heterocycles. The molecule has 9 nitrogen and oxygen atoms in total. The number of hydrogen-bond acceptors (Lipinski definition) is 5. The average Bonchev–Trinajstić information content (AvgIpc) is 2.37. The number of guanidine groups is 1. The summed E-state index contributed by atoms with van der Waals surface area (Å²) in [5.41, 5.74) is 7.68. The summed E-state index contributed by atoms with van der Waals surface area (Å²) in [6, 6.07) is 5.13. The van der Waals surface area contributed by atoms with Gasteiger partial charge in [-0.05, 0) is 29.2 Å². The van der Waals surface area contributed by atoms with Gasteiger partial charge in [-0.1, -0.05) is 0 Å². The number of nitrogens with zero attached hydrogens (tertiary/aromatic N) is 3. The molecule has 0 bridgehead atoms. The van der Waals surface area contributed by atoms with Gasteiger partial charge in [0.15, 0.2) is 11.5 Å². The highest BCUT2D eigenvalue weighted by molar-refractivity contribution is 5.82. The number of methoxy groups -OCH3 is 2. The van der Waals surface area contributed by atoms with Gasteiger partial charge in [0.05, 0.1) is 20.4 Å². The van der Waals surface area contributed by atoms with Gasteiger partial charge in [0.25, 0.3) is 5.96 Å². The van der Waals surface area contributed by atoms with E-state index in [2.05, 4.69) is 10.2 Å². The van der Waals surface area contributed by atoms with Crippen molar-refractivity contribution in [1.82, 2.24) is 5.43 Å². The van der Waals surface area contributed by atoms with Crippen molar-refractivity contribution in [2.45, 2.75) is 0 Å². The minimum Gasteiger partial charge on any atom is -0.493 e. The first-order valence-corrected chi connectivity index (χ1v) is 5.08. The third-order valence-electron chi connectivity index (χ3n) is 1.99. The van der Waals surface area contributed by atoms with Gasteiger partial charge in [-0.3, -0.25) is 0 Å². The van der Waals surface area contributed by atoms with E-state index < -0.39 is 5.03 Å². The van der Waals surface area contributed by atoms with E-state index in [1.54, 1.807) is 23.6 Å². The van der Waals surface area contributed by atoms with Gasteiger partial charge in [-0.25, -0.2) is 5.21 Å². The number of hydrogen-bond donors (Lipinski definition) is 3. The van der Waals surface area contributed by atoms with Crippen LogP contribution in [0.15, 0.2) is 28.4 Å². The summed E-state index contributed by atoms with van der Waals surface area (Å²) in [6.07, 6.45) is 1.39. The van der Waals surface area contributed by atoms with Crippen molar-refractivity contribution in [3.8, 4) is 11.5 Å². The molecule has 0 aliphatic heterocycles. The Morgan fingerprint density at radius 3 is 2.68 bits per heavy atom. The number of hydrazine groups is 1. The van der Waals surface area contributed by atoms with Crippen LogP contribution in [0.3, 0.4) is 0 Å². The molecule has 102 valence electrons. The molecular formula is C10H14N5O4+. The van der Waals surface area contributed by atoms with Crippen LogP contribution in [-0.4, -0.2) is 36.6 Å². The van der Waals surface area contributed by atoms with E-state index in [1.807, 2.05) is 0 Å². The second kappa shape index (κ2) is 6.79. The molecule has 0 amide bonds. The van der Waals surface area contributed by atoms with E-state index >= 15 is 0 Å². The Balaban J connectivity index is 2.79. The first kappa shape index (κ1) is 14.2. The van der Waals surface area contributed by atoms with Crippen LogP contribution in [0.2, 0.25) is 0 Å². The molecular weight excluding hydrogens is 254 g/mol. The van der Waals surface area contributed by atoms with E-state index in [1.165, 1.54) is 20.4 Å². The molecule has 1 aromatic carbocycles. The Hall–Kier alpha value is -2.84. The van der Waals surface area contributed by atoms with Crippen molar-refractivity contribution >= 4 is 12.2 Å². The molecule has 19 heavy (non-hydrogen) atoms. The van der Waals surface area contributed by atoms with E-state index in [0.29, 0.717) is 17.1 Å². The summed E-state index contributed by atoms with van der Waals surface area (Å²) in [5.74, 6) is 0.781. The predicted octanol–water partition coefficient (Wildman–Crippen LogP) is 0.0251. The molecule has 0 aromatic heterocycles. The highest BCUT2D eigenvalue weighted by Gasteiger charge is 2.04. The maximum atomic E-state index is 10.2. The zero-order chi connectivity index (χ0) is 14.3. The molecule has 0 aliphatic carbocycles. The summed E-state index contributed by atoms with van der Waals surface area (Å²) in [7, 11) is 3.05. The lowest BCUT2D eigenvalue weighted by atomic mass is 10.2. The van der Waals surface area contributed by atoms with Crippen molar-refractivity contribution in [3.63, 3.8) is 0 Å². The minimum atomic E-state index is -0.579. The predicted molar refractivity (Wildman–Crippen MR) is 67.3 cm³/mol. The van der Waals surface area contributed by atoms with Crippen LogP contribution in [-0.2, 0) is 0 Å². The molecule has 4 N–H and O–H groups in total. The standard InChI is InChI=1S/C10H14N5O4/c1-18-8-4-3-7(5-9(8)19-2)6-12-13-10(11)14-15(16)17/h3-6H,1-2H3,(H,16,17)(H3,11,13,14)/q+1/b12-6+. The number of benzene rings is 1. The van der Waals surface area contributed by atoms with Crippen LogP contribution in [0, 0.1) is 4.91 Å². The summed E-state index contributed by atoms with van der Waals surface area (Å²) in [4.78, 5) is 10.2. The monoisotopic (exact) mass is 268 g/mol. The highest BCUT2D eigenvalue weighted by Crippen LogP contribution is 2.26. The normalized spacial score (nSPS) is 11.4. The fourth-order valence-electron chi connectivity index (χ4n) is 1.21. The van der Waals surface area contributed by atoms with E-state index in [0.717, 1.165) is 0 Å². The lowest BCUT2D eigenvalue weighted by Gasteiger charge is -2.06. The Morgan fingerprint density at radius 2 is 2.11 bits per heavy atom. The van der Waals surface area contributed by atoms with Gasteiger partial charge >= 0.3 is 5.03 Å². The first-order chi connectivity index (χ1) is 9.06. The van der Waals surface area contributed by atoms with Crippen molar-refractivity contribution in [2.24, 2.45) is 15.9 Å². The lowest BCUT2D eigenvalue weighted by Crippen LogP contribution is -2.36. The molecule has 0 heterocycles. The number of nitrogens with one attached hydrogen (secondary N) is 1. The Bertz CT molecular complexity index is 515. The van der Waals surface area contributed by atoms with Crippen LogP contribution < -0.4 is 20.6 Å². The van der Waals surface area contributed by atoms with Crippen LogP contribution in [0.4, 0.5) is 0 Å². The second-order valence-electron chi connectivity index (χ2n) is 3.23. The van der Waals surface area contributed by atoms with Crippen LogP contribution in [0.25, 0.3) is 0 Å². The van der Waals surface area contributed by atoms with E-state index in [4.69, 9.17) is 20.4 Å². The first-order valence-electron chi connectivity index (χ1n) is 5.08. The zero-order valence-corrected chi connectivity index (χ0v) is 10.4. The maximum Gasteiger partial charge on any atom is 0.362 e. The molecule has 0 saturated carbocycles. The van der Waals surface area contributed by atoms with E-state index in [9.17, 15) is 4.91 Å². The fraction of sp³-hybridized carbons (Fsp3) is 0.200. The maximum absolute atomic E-state index is 10.2. The largest absolute Gasteiger partial charge is 0.493 e. The SMILES string of the molecule is COc1ccc(/C=N/N=C(\N)N[N+](=O)O)cc1OC. The summed E-state index contributed by atoms with van der Waals surface area (Å²) < 4.78 is 10.2. The Morgan fingerprint density at radius 1 is 1.42 bits per heavy atom. The topological polar surface area (TPSA) is 122 Å². The van der Waals surface area contributed by atoms with Crippen molar-refractivity contribution in [3.05, 3.63) is 28.7 Å². The average molecular weight is 268 g/mol. The quantitative estimate of drug-likeness (QED) is 0.393. The van der Waals surface area contributed by atoms with Crippen LogP contribution in [0.5, 0.6) is 11.5 Å². The number of nitrogens with two attached hydrogens (primary N) is 1. The molecule has 9 heteroatoms. The molecule has 0 spiro atoms. The van der Waals surface area contributed by atoms with Crippen LogP contribution in [0.1, 0.15) is 5.56 Å². The van der Waals surface area contributed by atoms with Gasteiger partial charge in [-0.2, -0.15) is 5.10 Å². The molecule has 1 aromatic rings. The van der Waals surface area contributed by atoms with Gasteiger partial charge in [0.2, 0.25) is 0 Å². The third kappa shape index (κ3) is 4.50. The molecule has 1 rings (SSSR count). The molecule has 0 atom stereocenters. The molecule has 0 unspecified atom stereocenters. The van der Waals surface area contributed by atoms with Crippen LogP contribution >= 0.6 is 0 Å². The minimum absolute atomic E-state index is 0.353. The van der Waals surface area contributed by atoms with Gasteiger partial charge < -0.3 is 15.2 Å². The summed E-state index contributed by atoms with van der Waals surface area (Å²) in [5, 5.41) is 14.8. The molecule has 0 radical (unpaired) electrons. The van der Waals surface area contributed by atoms with Crippen molar-refractivity contribution in [2.75, 3.05) is 14.2 Å². The van der Waals surface area contributed by atoms with E-state index in [-0.39, 0.29) is 5.96 Å². The molecule has 0 aliphatic rings. The van der Waals surface area contributed by atoms with Crippen molar-refractivity contribution < 1.29 is 19.7 Å². The fourth-order valence-corrected chi connectivity index (χ4v) is 1.21. The van der Waals surface area contributed by atoms with Gasteiger partial charge in [-0.15, -0.1) is 5.10 Å². The number of rotatable bonds is 5. The highest BCUT2D eigenvalue weighted by atomic mass is 16.7. The number of ether oxygens (including phenoxy) is 2. The molecule has 0 fully saturated rings. The van der Waals surface area contributed by atoms with Gasteiger partial charge in [0, 0.05) is 0 Å². The second-order valence-corrected chi connectivity index (χ2v) is 3.23.